The molecule has 2 aromatic carbocycles. The van der Waals surface area contributed by atoms with Gasteiger partial charge in [0.2, 0.25) is 0 Å². The van der Waals surface area contributed by atoms with Gasteiger partial charge in [0.15, 0.2) is 5.78 Å². The lowest BCUT2D eigenvalue weighted by Gasteiger charge is -2.04. The molecular weight excluding hydrogens is 264 g/mol. The summed E-state index contributed by atoms with van der Waals surface area (Å²) in [5.74, 6) is 0.0881. The van der Waals surface area contributed by atoms with Crippen LogP contribution in [0.25, 0.3) is 10.4 Å². The van der Waals surface area contributed by atoms with Crippen molar-refractivity contribution in [3.8, 4) is 10.4 Å². The number of thiophene rings is 1. The molecule has 0 amide bonds. The number of benzene rings is 2. The Balaban J connectivity index is 2.02. The number of rotatable bonds is 3. The van der Waals surface area contributed by atoms with Gasteiger partial charge < -0.3 is 0 Å². The normalized spacial score (nSPS) is 10.4. The maximum absolute atomic E-state index is 12.6. The van der Waals surface area contributed by atoms with Gasteiger partial charge in [-0.25, -0.2) is 0 Å². The van der Waals surface area contributed by atoms with E-state index in [4.69, 9.17) is 0 Å². The molecule has 20 heavy (non-hydrogen) atoms. The van der Waals surface area contributed by atoms with Crippen molar-refractivity contribution in [3.63, 3.8) is 0 Å². The molecule has 0 aliphatic carbocycles. The van der Waals surface area contributed by atoms with Crippen LogP contribution < -0.4 is 0 Å². The van der Waals surface area contributed by atoms with Gasteiger partial charge in [-0.05, 0) is 23.9 Å². The zero-order valence-electron chi connectivity index (χ0n) is 11.2. The van der Waals surface area contributed by atoms with Gasteiger partial charge in [0.1, 0.15) is 0 Å². The Labute approximate surface area is 122 Å². The molecule has 0 saturated carbocycles. The monoisotopic (exact) mass is 278 g/mol. The zero-order chi connectivity index (χ0) is 13.9. The minimum absolute atomic E-state index is 0.0881. The van der Waals surface area contributed by atoms with E-state index < -0.39 is 0 Å². The van der Waals surface area contributed by atoms with Crippen molar-refractivity contribution in [1.82, 2.24) is 0 Å². The van der Waals surface area contributed by atoms with E-state index in [1.165, 1.54) is 0 Å². The van der Waals surface area contributed by atoms with Crippen LogP contribution >= 0.6 is 11.3 Å². The Bertz CT molecular complexity index is 724. The lowest BCUT2D eigenvalue weighted by Crippen LogP contribution is -2.01. The second kappa shape index (κ2) is 5.43. The molecule has 0 N–H and O–H groups in total. The van der Waals surface area contributed by atoms with Gasteiger partial charge in [-0.3, -0.25) is 4.79 Å². The van der Waals surface area contributed by atoms with Crippen molar-refractivity contribution < 1.29 is 4.79 Å². The molecule has 1 aromatic heterocycles. The predicted molar refractivity (Wildman–Crippen MR) is 84.4 cm³/mol. The lowest BCUT2D eigenvalue weighted by molar-refractivity contribution is 0.103. The van der Waals surface area contributed by atoms with Crippen LogP contribution in [0.3, 0.4) is 0 Å². The molecule has 0 fully saturated rings. The van der Waals surface area contributed by atoms with E-state index >= 15 is 0 Å². The molecule has 1 heterocycles. The van der Waals surface area contributed by atoms with Crippen molar-refractivity contribution in [3.05, 3.63) is 82.7 Å². The molecule has 0 saturated heterocycles. The minimum atomic E-state index is 0.0881. The zero-order valence-corrected chi connectivity index (χ0v) is 12.0. The summed E-state index contributed by atoms with van der Waals surface area (Å²) in [6.45, 7) is 2.02. The molecule has 0 spiro atoms. The highest BCUT2D eigenvalue weighted by molar-refractivity contribution is 7.14. The average Bonchev–Trinajstić information content (AvgIpc) is 2.97. The van der Waals surface area contributed by atoms with E-state index in [-0.39, 0.29) is 5.78 Å². The van der Waals surface area contributed by atoms with Gasteiger partial charge in [0, 0.05) is 16.0 Å². The molecule has 0 radical (unpaired) electrons. The number of carbonyl (C=O) groups is 1. The molecule has 3 aromatic rings. The Morgan fingerprint density at radius 2 is 1.60 bits per heavy atom. The Kier molecular flexibility index (Phi) is 3.48. The van der Waals surface area contributed by atoms with Crippen LogP contribution in [0.15, 0.2) is 66.0 Å². The predicted octanol–water partition coefficient (Wildman–Crippen LogP) is 4.95. The number of carbonyl (C=O) groups excluding carboxylic acids is 1. The Morgan fingerprint density at radius 3 is 2.30 bits per heavy atom. The van der Waals surface area contributed by atoms with Crippen molar-refractivity contribution in [2.24, 2.45) is 0 Å². The molecule has 0 unspecified atom stereocenters. The molecule has 0 aliphatic heterocycles. The largest absolute Gasteiger partial charge is 0.289 e. The van der Waals surface area contributed by atoms with Crippen molar-refractivity contribution in [2.45, 2.75) is 6.92 Å². The molecular formula is C18H14OS. The van der Waals surface area contributed by atoms with Crippen molar-refractivity contribution in [1.29, 1.82) is 0 Å². The third-order valence-electron chi connectivity index (χ3n) is 3.26. The number of ketones is 1. The molecule has 3 rings (SSSR count). The second-order valence-electron chi connectivity index (χ2n) is 4.72. The summed E-state index contributed by atoms with van der Waals surface area (Å²) < 4.78 is 0. The summed E-state index contributed by atoms with van der Waals surface area (Å²) in [4.78, 5) is 13.7. The van der Waals surface area contributed by atoms with E-state index in [1.807, 2.05) is 73.0 Å². The summed E-state index contributed by atoms with van der Waals surface area (Å²) in [5.41, 5.74) is 3.78. The van der Waals surface area contributed by atoms with E-state index in [9.17, 15) is 4.79 Å². The summed E-state index contributed by atoms with van der Waals surface area (Å²) in [6.07, 6.45) is 0. The first-order valence-corrected chi connectivity index (χ1v) is 7.38. The van der Waals surface area contributed by atoms with Crippen molar-refractivity contribution in [2.75, 3.05) is 0 Å². The SMILES string of the molecule is Cc1ccc(C(=O)c2ccsc2-c2ccccc2)cc1. The highest BCUT2D eigenvalue weighted by Crippen LogP contribution is 2.31. The maximum Gasteiger partial charge on any atom is 0.194 e. The van der Waals surface area contributed by atoms with Gasteiger partial charge in [0.25, 0.3) is 0 Å². The topological polar surface area (TPSA) is 17.1 Å². The van der Waals surface area contributed by atoms with E-state index in [0.717, 1.165) is 27.1 Å². The molecule has 98 valence electrons. The first kappa shape index (κ1) is 12.8. The van der Waals surface area contributed by atoms with Crippen LogP contribution in [0.1, 0.15) is 21.5 Å². The van der Waals surface area contributed by atoms with Crippen LogP contribution in [-0.4, -0.2) is 5.78 Å². The number of aryl methyl sites for hydroxylation is 1. The highest BCUT2D eigenvalue weighted by Gasteiger charge is 2.15. The highest BCUT2D eigenvalue weighted by atomic mass is 32.1. The molecule has 2 heteroatoms. The number of hydrogen-bond donors (Lipinski definition) is 0. The molecule has 0 atom stereocenters. The number of hydrogen-bond acceptors (Lipinski definition) is 2. The fourth-order valence-corrected chi connectivity index (χ4v) is 3.06. The van der Waals surface area contributed by atoms with Gasteiger partial charge in [-0.2, -0.15) is 0 Å². The summed E-state index contributed by atoms with van der Waals surface area (Å²) in [5, 5.41) is 1.98. The van der Waals surface area contributed by atoms with E-state index in [1.54, 1.807) is 11.3 Å². The third-order valence-corrected chi connectivity index (χ3v) is 4.22. The van der Waals surface area contributed by atoms with Gasteiger partial charge in [-0.15, -0.1) is 11.3 Å². The van der Waals surface area contributed by atoms with Crippen LogP contribution in [0.2, 0.25) is 0 Å². The van der Waals surface area contributed by atoms with Crippen LogP contribution in [-0.2, 0) is 0 Å². The van der Waals surface area contributed by atoms with Gasteiger partial charge in [0.05, 0.1) is 0 Å². The van der Waals surface area contributed by atoms with Crippen molar-refractivity contribution >= 4 is 17.1 Å². The average molecular weight is 278 g/mol. The van der Waals surface area contributed by atoms with E-state index in [2.05, 4.69) is 0 Å². The van der Waals surface area contributed by atoms with Crippen LogP contribution in [0.4, 0.5) is 0 Å². The lowest BCUT2D eigenvalue weighted by atomic mass is 10.0. The Hall–Kier alpha value is -2.19. The first-order chi connectivity index (χ1) is 9.75. The smallest absolute Gasteiger partial charge is 0.194 e. The third kappa shape index (κ3) is 2.43. The maximum atomic E-state index is 12.6. The molecule has 1 nitrogen and oxygen atoms in total. The summed E-state index contributed by atoms with van der Waals surface area (Å²) >= 11 is 1.61. The summed E-state index contributed by atoms with van der Waals surface area (Å²) in [7, 11) is 0. The Morgan fingerprint density at radius 1 is 0.900 bits per heavy atom. The summed E-state index contributed by atoms with van der Waals surface area (Å²) in [6, 6.07) is 19.7. The van der Waals surface area contributed by atoms with Crippen LogP contribution in [0.5, 0.6) is 0 Å². The fourth-order valence-electron chi connectivity index (χ4n) is 2.16. The fraction of sp³-hybridized carbons (Fsp3) is 0.0556. The molecule has 0 bridgehead atoms. The van der Waals surface area contributed by atoms with Crippen LogP contribution in [0, 0.1) is 6.92 Å². The van der Waals surface area contributed by atoms with E-state index in [0.29, 0.717) is 0 Å². The molecule has 0 aliphatic rings. The second-order valence-corrected chi connectivity index (χ2v) is 5.64. The van der Waals surface area contributed by atoms with Gasteiger partial charge in [-0.1, -0.05) is 60.2 Å². The van der Waals surface area contributed by atoms with Gasteiger partial charge >= 0.3 is 0 Å². The quantitative estimate of drug-likeness (QED) is 0.619. The standard InChI is InChI=1S/C18H14OS/c1-13-7-9-14(10-8-13)17(19)16-11-12-20-18(16)15-5-3-2-4-6-15/h2-12H,1H3. The first-order valence-electron chi connectivity index (χ1n) is 6.50. The minimum Gasteiger partial charge on any atom is -0.289 e.